The van der Waals surface area contributed by atoms with Crippen LogP contribution in [0.1, 0.15) is 18.5 Å². The number of anilines is 1. The van der Waals surface area contributed by atoms with Crippen LogP contribution in [-0.4, -0.2) is 34.5 Å². The van der Waals surface area contributed by atoms with Crippen molar-refractivity contribution in [2.75, 3.05) is 19.0 Å². The van der Waals surface area contributed by atoms with Crippen molar-refractivity contribution in [3.8, 4) is 0 Å². The lowest BCUT2D eigenvalue weighted by Gasteiger charge is -2.10. The van der Waals surface area contributed by atoms with Crippen LogP contribution < -0.4 is 10.6 Å². The summed E-state index contributed by atoms with van der Waals surface area (Å²) in [6, 6.07) is 11.4. The molecule has 2 N–H and O–H groups in total. The van der Waals surface area contributed by atoms with E-state index in [4.69, 9.17) is 4.74 Å². The molecule has 0 unspecified atom stereocenters. The van der Waals surface area contributed by atoms with E-state index in [2.05, 4.69) is 20.7 Å². The molecule has 2 heterocycles. The first kappa shape index (κ1) is 16.9. The van der Waals surface area contributed by atoms with E-state index in [1.807, 2.05) is 43.5 Å². The Hall–Kier alpha value is -2.93. The Morgan fingerprint density at radius 2 is 2.20 bits per heavy atom. The first-order valence-corrected chi connectivity index (χ1v) is 8.08. The zero-order valence-corrected chi connectivity index (χ0v) is 14.3. The predicted molar refractivity (Wildman–Crippen MR) is 96.4 cm³/mol. The highest BCUT2D eigenvalue weighted by Gasteiger charge is 2.08. The number of rotatable bonds is 6. The number of carbonyl (C=O) groups is 1. The van der Waals surface area contributed by atoms with Gasteiger partial charge in [-0.1, -0.05) is 12.1 Å². The second kappa shape index (κ2) is 7.76. The summed E-state index contributed by atoms with van der Waals surface area (Å²) in [6.07, 6.45) is 3.58. The summed E-state index contributed by atoms with van der Waals surface area (Å²) in [5.41, 5.74) is 1.95. The molecule has 0 aliphatic heterocycles. The largest absolute Gasteiger partial charge is 0.382 e. The molecule has 0 spiro atoms. The van der Waals surface area contributed by atoms with E-state index in [9.17, 15) is 4.79 Å². The Morgan fingerprint density at radius 1 is 1.32 bits per heavy atom. The number of pyridine rings is 1. The van der Waals surface area contributed by atoms with Gasteiger partial charge in [0.25, 0.3) is 0 Å². The summed E-state index contributed by atoms with van der Waals surface area (Å²) >= 11 is 0. The molecule has 1 aromatic carbocycles. The molecule has 0 saturated heterocycles. The number of carbonyl (C=O) groups excluding carboxylic acids is 1. The zero-order valence-electron chi connectivity index (χ0n) is 14.3. The topological polar surface area (TPSA) is 81.1 Å². The molecular weight excluding hydrogens is 318 g/mol. The number of methoxy groups -OCH3 is 1. The van der Waals surface area contributed by atoms with Crippen molar-refractivity contribution in [2.45, 2.75) is 19.5 Å². The monoisotopic (exact) mass is 339 g/mol. The fraction of sp³-hybridized carbons (Fsp3) is 0.278. The number of fused-ring (bicyclic) bond motifs is 1. The van der Waals surface area contributed by atoms with Gasteiger partial charge in [-0.25, -0.2) is 4.79 Å². The predicted octanol–water partition coefficient (Wildman–Crippen LogP) is 2.96. The van der Waals surface area contributed by atoms with Crippen LogP contribution in [0, 0.1) is 0 Å². The number of ether oxygens (including phenoxy) is 1. The molecule has 2 aromatic heterocycles. The Labute approximate surface area is 146 Å². The molecule has 0 aliphatic rings. The van der Waals surface area contributed by atoms with Crippen LogP contribution in [0.25, 0.3) is 10.9 Å². The van der Waals surface area contributed by atoms with Gasteiger partial charge in [0.2, 0.25) is 0 Å². The van der Waals surface area contributed by atoms with E-state index >= 15 is 0 Å². The third kappa shape index (κ3) is 4.33. The zero-order chi connectivity index (χ0) is 17.6. The minimum absolute atomic E-state index is 0.106. The molecule has 0 bridgehead atoms. The molecule has 3 rings (SSSR count). The lowest BCUT2D eigenvalue weighted by atomic mass is 10.1. The fourth-order valence-corrected chi connectivity index (χ4v) is 2.55. The number of aromatic nitrogens is 3. The molecule has 130 valence electrons. The van der Waals surface area contributed by atoms with Crippen molar-refractivity contribution in [3.05, 3.63) is 54.4 Å². The van der Waals surface area contributed by atoms with Crippen molar-refractivity contribution in [3.63, 3.8) is 0 Å². The molecular formula is C18H21N5O2. The Kier molecular flexibility index (Phi) is 5.25. The lowest BCUT2D eigenvalue weighted by molar-refractivity contribution is 0.157. The summed E-state index contributed by atoms with van der Waals surface area (Å²) in [4.78, 5) is 16.3. The maximum atomic E-state index is 12.0. The molecule has 0 fully saturated rings. The van der Waals surface area contributed by atoms with Crippen LogP contribution in [0.2, 0.25) is 0 Å². The van der Waals surface area contributed by atoms with E-state index < -0.39 is 0 Å². The highest BCUT2D eigenvalue weighted by molar-refractivity contribution is 5.88. The maximum absolute atomic E-state index is 12.0. The Balaban J connectivity index is 1.55. The SMILES string of the molecule is COC[C@H](C)n1ccc(NC(=O)NCc2ccc3ncccc3c2)n1. The van der Waals surface area contributed by atoms with Crippen LogP contribution >= 0.6 is 0 Å². The van der Waals surface area contributed by atoms with Crippen molar-refractivity contribution < 1.29 is 9.53 Å². The van der Waals surface area contributed by atoms with E-state index in [1.54, 1.807) is 24.1 Å². The summed E-state index contributed by atoms with van der Waals surface area (Å²) in [5, 5.41) is 10.9. The van der Waals surface area contributed by atoms with Gasteiger partial charge in [0.05, 0.1) is 18.2 Å². The van der Waals surface area contributed by atoms with Gasteiger partial charge in [-0.15, -0.1) is 0 Å². The van der Waals surface area contributed by atoms with Crippen molar-refractivity contribution in [2.24, 2.45) is 0 Å². The first-order chi connectivity index (χ1) is 12.2. The number of nitrogens with zero attached hydrogens (tertiary/aromatic N) is 3. The average molecular weight is 339 g/mol. The molecule has 7 nitrogen and oxygen atoms in total. The van der Waals surface area contributed by atoms with Gasteiger partial charge in [-0.05, 0) is 30.7 Å². The Morgan fingerprint density at radius 3 is 3.04 bits per heavy atom. The normalized spacial score (nSPS) is 12.1. The van der Waals surface area contributed by atoms with Gasteiger partial charge in [0, 0.05) is 37.5 Å². The number of urea groups is 1. The number of hydrogen-bond acceptors (Lipinski definition) is 4. The minimum atomic E-state index is -0.295. The summed E-state index contributed by atoms with van der Waals surface area (Å²) in [7, 11) is 1.65. The van der Waals surface area contributed by atoms with Crippen LogP contribution in [0.4, 0.5) is 10.6 Å². The van der Waals surface area contributed by atoms with Crippen molar-refractivity contribution in [1.82, 2.24) is 20.1 Å². The van der Waals surface area contributed by atoms with Gasteiger partial charge >= 0.3 is 6.03 Å². The molecule has 0 radical (unpaired) electrons. The van der Waals surface area contributed by atoms with Crippen molar-refractivity contribution >= 4 is 22.8 Å². The first-order valence-electron chi connectivity index (χ1n) is 8.08. The van der Waals surface area contributed by atoms with Crippen LogP contribution in [0.5, 0.6) is 0 Å². The van der Waals surface area contributed by atoms with Crippen LogP contribution in [-0.2, 0) is 11.3 Å². The lowest BCUT2D eigenvalue weighted by Crippen LogP contribution is -2.28. The molecule has 0 aliphatic carbocycles. The number of amides is 2. The molecule has 3 aromatic rings. The van der Waals surface area contributed by atoms with Gasteiger partial charge < -0.3 is 10.1 Å². The van der Waals surface area contributed by atoms with Gasteiger partial charge in [0.15, 0.2) is 5.82 Å². The second-order valence-electron chi connectivity index (χ2n) is 5.82. The van der Waals surface area contributed by atoms with Gasteiger partial charge in [-0.2, -0.15) is 5.10 Å². The number of hydrogen-bond donors (Lipinski definition) is 2. The molecule has 0 saturated carbocycles. The maximum Gasteiger partial charge on any atom is 0.320 e. The Bertz CT molecular complexity index is 861. The highest BCUT2D eigenvalue weighted by Crippen LogP contribution is 2.13. The van der Waals surface area contributed by atoms with E-state index in [0.29, 0.717) is 19.0 Å². The third-order valence-corrected chi connectivity index (χ3v) is 3.83. The molecule has 7 heteroatoms. The average Bonchev–Trinajstić information content (AvgIpc) is 3.08. The molecule has 2 amide bonds. The standard InChI is InChI=1S/C18H21N5O2/c1-13(12-25-2)23-9-7-17(22-23)21-18(24)20-11-14-5-6-16-15(10-14)4-3-8-19-16/h3-10,13H,11-12H2,1-2H3,(H2,20,21,22,24)/t13-/m0/s1. The number of nitrogens with one attached hydrogen (secondary N) is 2. The van der Waals surface area contributed by atoms with E-state index in [0.717, 1.165) is 16.5 Å². The van der Waals surface area contributed by atoms with Gasteiger partial charge in [-0.3, -0.25) is 15.0 Å². The quantitative estimate of drug-likeness (QED) is 0.723. The molecule has 25 heavy (non-hydrogen) atoms. The minimum Gasteiger partial charge on any atom is -0.382 e. The second-order valence-corrected chi connectivity index (χ2v) is 5.82. The summed E-state index contributed by atoms with van der Waals surface area (Å²) < 4.78 is 6.86. The fourth-order valence-electron chi connectivity index (χ4n) is 2.55. The highest BCUT2D eigenvalue weighted by atomic mass is 16.5. The number of benzene rings is 1. The van der Waals surface area contributed by atoms with E-state index in [1.165, 1.54) is 0 Å². The molecule has 1 atom stereocenters. The van der Waals surface area contributed by atoms with E-state index in [-0.39, 0.29) is 12.1 Å². The van der Waals surface area contributed by atoms with Crippen LogP contribution in [0.15, 0.2) is 48.8 Å². The third-order valence-electron chi connectivity index (χ3n) is 3.83. The van der Waals surface area contributed by atoms with Gasteiger partial charge in [0.1, 0.15) is 0 Å². The van der Waals surface area contributed by atoms with Crippen LogP contribution in [0.3, 0.4) is 0 Å². The summed E-state index contributed by atoms with van der Waals surface area (Å²) in [5.74, 6) is 0.503. The summed E-state index contributed by atoms with van der Waals surface area (Å²) in [6.45, 7) is 2.98. The van der Waals surface area contributed by atoms with Crippen molar-refractivity contribution in [1.29, 1.82) is 0 Å². The smallest absolute Gasteiger partial charge is 0.320 e.